The van der Waals surface area contributed by atoms with Gasteiger partial charge in [0.25, 0.3) is 0 Å². The predicted octanol–water partition coefficient (Wildman–Crippen LogP) is 1.88. The molecule has 106 valence electrons. The number of ether oxygens (including phenoxy) is 1. The van der Waals surface area contributed by atoms with E-state index in [0.717, 1.165) is 30.9 Å². The molecule has 19 heavy (non-hydrogen) atoms. The number of nitrogen functional groups attached to an aromatic ring is 1. The van der Waals surface area contributed by atoms with E-state index in [0.29, 0.717) is 12.6 Å². The Kier molecular flexibility index (Phi) is 5.48. The monoisotopic (exact) mass is 264 g/mol. The number of rotatable bonds is 6. The lowest BCUT2D eigenvalue weighted by atomic mass is 10.00. The molecule has 1 aromatic carbocycles. The van der Waals surface area contributed by atoms with Gasteiger partial charge in [0.15, 0.2) is 0 Å². The summed E-state index contributed by atoms with van der Waals surface area (Å²) < 4.78 is 5.73. The second-order valence-electron chi connectivity index (χ2n) is 5.12. The fourth-order valence-corrected chi connectivity index (χ4v) is 2.68. The minimum absolute atomic E-state index is 0.278. The summed E-state index contributed by atoms with van der Waals surface area (Å²) in [6.45, 7) is 3.01. The lowest BCUT2D eigenvalue weighted by Crippen LogP contribution is -2.42. The highest BCUT2D eigenvalue weighted by atomic mass is 16.5. The van der Waals surface area contributed by atoms with Gasteiger partial charge in [-0.1, -0.05) is 6.42 Å². The standard InChI is InChI=1S/C15H24N2O2/c16-13-4-6-15(7-5-13)19-12-10-17-9-2-1-3-14(17)8-11-18/h4-7,14,18H,1-3,8-12,16H2. The molecule has 1 fully saturated rings. The second kappa shape index (κ2) is 7.36. The molecule has 4 nitrogen and oxygen atoms in total. The molecule has 0 spiro atoms. The maximum absolute atomic E-state index is 9.10. The van der Waals surface area contributed by atoms with E-state index in [-0.39, 0.29) is 6.61 Å². The molecule has 1 aliphatic rings. The molecular formula is C15H24N2O2. The largest absolute Gasteiger partial charge is 0.492 e. The highest BCUT2D eigenvalue weighted by Crippen LogP contribution is 2.19. The number of nitrogens with two attached hydrogens (primary N) is 1. The van der Waals surface area contributed by atoms with Crippen molar-refractivity contribution in [2.24, 2.45) is 0 Å². The van der Waals surface area contributed by atoms with E-state index in [4.69, 9.17) is 15.6 Å². The summed E-state index contributed by atoms with van der Waals surface area (Å²) in [4.78, 5) is 2.44. The second-order valence-corrected chi connectivity index (χ2v) is 5.12. The van der Waals surface area contributed by atoms with Crippen LogP contribution < -0.4 is 10.5 Å². The molecule has 0 saturated carbocycles. The van der Waals surface area contributed by atoms with Crippen molar-refractivity contribution in [2.75, 3.05) is 32.0 Å². The van der Waals surface area contributed by atoms with E-state index in [2.05, 4.69) is 4.90 Å². The molecule has 0 radical (unpaired) electrons. The Morgan fingerprint density at radius 2 is 2.05 bits per heavy atom. The minimum Gasteiger partial charge on any atom is -0.492 e. The molecule has 1 aromatic rings. The van der Waals surface area contributed by atoms with E-state index in [9.17, 15) is 0 Å². The first kappa shape index (κ1) is 14.2. The van der Waals surface area contributed by atoms with E-state index in [1.807, 2.05) is 24.3 Å². The van der Waals surface area contributed by atoms with Crippen LogP contribution in [0.3, 0.4) is 0 Å². The van der Waals surface area contributed by atoms with Crippen molar-refractivity contribution in [3.05, 3.63) is 24.3 Å². The molecule has 2 rings (SSSR count). The van der Waals surface area contributed by atoms with Crippen molar-refractivity contribution >= 4 is 5.69 Å². The summed E-state index contributed by atoms with van der Waals surface area (Å²) in [5.74, 6) is 0.866. The SMILES string of the molecule is Nc1ccc(OCCN2CCCCC2CCO)cc1. The number of aliphatic hydroxyl groups is 1. The number of hydrogen-bond acceptors (Lipinski definition) is 4. The third kappa shape index (κ3) is 4.40. The van der Waals surface area contributed by atoms with Crippen molar-refractivity contribution < 1.29 is 9.84 Å². The van der Waals surface area contributed by atoms with Crippen LogP contribution in [0.5, 0.6) is 5.75 Å². The van der Waals surface area contributed by atoms with Crippen LogP contribution in [0.15, 0.2) is 24.3 Å². The van der Waals surface area contributed by atoms with Gasteiger partial charge in [-0.3, -0.25) is 4.90 Å². The van der Waals surface area contributed by atoms with Crippen LogP contribution in [0, 0.1) is 0 Å². The zero-order valence-corrected chi connectivity index (χ0v) is 11.4. The molecule has 3 N–H and O–H groups in total. The number of likely N-dealkylation sites (tertiary alicyclic amines) is 1. The van der Waals surface area contributed by atoms with Crippen molar-refractivity contribution in [3.8, 4) is 5.75 Å². The van der Waals surface area contributed by atoms with Crippen molar-refractivity contribution in [2.45, 2.75) is 31.7 Å². The summed E-state index contributed by atoms with van der Waals surface area (Å²) >= 11 is 0. The molecule has 1 unspecified atom stereocenters. The fourth-order valence-electron chi connectivity index (χ4n) is 2.68. The van der Waals surface area contributed by atoms with E-state index >= 15 is 0 Å². The lowest BCUT2D eigenvalue weighted by Gasteiger charge is -2.35. The Bertz CT molecular complexity index is 365. The van der Waals surface area contributed by atoms with Gasteiger partial charge in [-0.25, -0.2) is 0 Å². The zero-order valence-electron chi connectivity index (χ0n) is 11.4. The maximum Gasteiger partial charge on any atom is 0.119 e. The van der Waals surface area contributed by atoms with Gasteiger partial charge in [0.2, 0.25) is 0 Å². The zero-order chi connectivity index (χ0) is 13.5. The summed E-state index contributed by atoms with van der Waals surface area (Å²) in [6.07, 6.45) is 4.61. The summed E-state index contributed by atoms with van der Waals surface area (Å²) in [5, 5.41) is 9.10. The smallest absolute Gasteiger partial charge is 0.119 e. The first-order chi connectivity index (χ1) is 9.29. The quantitative estimate of drug-likeness (QED) is 0.770. The van der Waals surface area contributed by atoms with Gasteiger partial charge in [-0.05, 0) is 50.1 Å². The van der Waals surface area contributed by atoms with Gasteiger partial charge < -0.3 is 15.6 Å². The average molecular weight is 264 g/mol. The van der Waals surface area contributed by atoms with Crippen LogP contribution in [0.1, 0.15) is 25.7 Å². The van der Waals surface area contributed by atoms with Gasteiger partial charge in [0.1, 0.15) is 12.4 Å². The predicted molar refractivity (Wildman–Crippen MR) is 77.3 cm³/mol. The molecule has 0 amide bonds. The lowest BCUT2D eigenvalue weighted by molar-refractivity contribution is 0.102. The van der Waals surface area contributed by atoms with Gasteiger partial charge in [0, 0.05) is 24.9 Å². The molecule has 0 aliphatic carbocycles. The van der Waals surface area contributed by atoms with Crippen LogP contribution in [0.2, 0.25) is 0 Å². The van der Waals surface area contributed by atoms with E-state index in [1.54, 1.807) is 0 Å². The van der Waals surface area contributed by atoms with Crippen LogP contribution >= 0.6 is 0 Å². The highest BCUT2D eigenvalue weighted by molar-refractivity contribution is 5.41. The van der Waals surface area contributed by atoms with Gasteiger partial charge >= 0.3 is 0 Å². The molecule has 0 bridgehead atoms. The van der Waals surface area contributed by atoms with Crippen LogP contribution in [0.25, 0.3) is 0 Å². The van der Waals surface area contributed by atoms with Crippen molar-refractivity contribution in [1.82, 2.24) is 4.90 Å². The molecule has 4 heteroatoms. The summed E-state index contributed by atoms with van der Waals surface area (Å²) in [7, 11) is 0. The Balaban J connectivity index is 1.75. The number of nitrogens with zero attached hydrogens (tertiary/aromatic N) is 1. The molecule has 1 atom stereocenters. The minimum atomic E-state index is 0.278. The first-order valence-electron chi connectivity index (χ1n) is 7.13. The summed E-state index contributed by atoms with van der Waals surface area (Å²) in [6, 6.07) is 8.03. The average Bonchev–Trinajstić information content (AvgIpc) is 2.43. The first-order valence-corrected chi connectivity index (χ1v) is 7.13. The van der Waals surface area contributed by atoms with Crippen LogP contribution in [-0.2, 0) is 0 Å². The normalized spacial score (nSPS) is 20.4. The third-order valence-corrected chi connectivity index (χ3v) is 3.74. The van der Waals surface area contributed by atoms with E-state index in [1.165, 1.54) is 19.3 Å². The number of anilines is 1. The molecule has 1 heterocycles. The van der Waals surface area contributed by atoms with Crippen molar-refractivity contribution in [3.63, 3.8) is 0 Å². The van der Waals surface area contributed by atoms with Gasteiger partial charge in [-0.2, -0.15) is 0 Å². The van der Waals surface area contributed by atoms with Gasteiger partial charge in [0.05, 0.1) is 0 Å². The van der Waals surface area contributed by atoms with Crippen molar-refractivity contribution in [1.29, 1.82) is 0 Å². The Morgan fingerprint density at radius 3 is 2.79 bits per heavy atom. The molecule has 0 aromatic heterocycles. The third-order valence-electron chi connectivity index (χ3n) is 3.74. The Morgan fingerprint density at radius 1 is 1.26 bits per heavy atom. The Labute approximate surface area is 115 Å². The topological polar surface area (TPSA) is 58.7 Å². The number of piperidine rings is 1. The highest BCUT2D eigenvalue weighted by Gasteiger charge is 2.21. The number of hydrogen-bond donors (Lipinski definition) is 2. The maximum atomic E-state index is 9.10. The fraction of sp³-hybridized carbons (Fsp3) is 0.600. The molecular weight excluding hydrogens is 240 g/mol. The summed E-state index contributed by atoms with van der Waals surface area (Å²) in [5.41, 5.74) is 6.39. The number of aliphatic hydroxyl groups excluding tert-OH is 1. The van der Waals surface area contributed by atoms with Crippen LogP contribution in [-0.4, -0.2) is 42.4 Å². The molecule has 1 saturated heterocycles. The van der Waals surface area contributed by atoms with Gasteiger partial charge in [-0.15, -0.1) is 0 Å². The number of benzene rings is 1. The van der Waals surface area contributed by atoms with Crippen LogP contribution in [0.4, 0.5) is 5.69 Å². The molecule has 1 aliphatic heterocycles. The van der Waals surface area contributed by atoms with E-state index < -0.39 is 0 Å². The Hall–Kier alpha value is -1.26.